The maximum Gasteiger partial charge on any atom is 0.353 e. The van der Waals surface area contributed by atoms with Gasteiger partial charge in [0.15, 0.2) is 16.5 Å². The molecule has 1 fully saturated rings. The molecule has 1 saturated heterocycles. The Morgan fingerprint density at radius 1 is 1.44 bits per heavy atom. The Kier molecular flexibility index (Phi) is 7.70. The summed E-state index contributed by atoms with van der Waals surface area (Å²) in [7, 11) is 0. The number of carboxylic acids is 2. The summed E-state index contributed by atoms with van der Waals surface area (Å²) in [4.78, 5) is 59.9. The number of aliphatic carboxylic acids is 2. The zero-order chi connectivity index (χ0) is 28.5. The zero-order valence-electron chi connectivity index (χ0n) is 19.7. The van der Waals surface area contributed by atoms with Crippen molar-refractivity contribution >= 4 is 81.0 Å². The number of nitrogens with zero attached hydrogens (tertiary/aromatic N) is 8. The highest BCUT2D eigenvalue weighted by Crippen LogP contribution is 2.47. The van der Waals surface area contributed by atoms with E-state index in [4.69, 9.17) is 27.9 Å². The summed E-state index contributed by atoms with van der Waals surface area (Å²) in [6, 6.07) is 0. The number of oxime groups is 1. The second-order valence-electron chi connectivity index (χ2n) is 7.87. The monoisotopic (exact) mass is 594 g/mol. The maximum absolute atomic E-state index is 13.5. The van der Waals surface area contributed by atoms with Crippen LogP contribution in [0.25, 0.3) is 5.57 Å². The van der Waals surface area contributed by atoms with Gasteiger partial charge in [0.2, 0.25) is 17.6 Å². The number of allylic oxidation sites excluding steroid dienone is 1. The molecule has 2 aromatic rings. The van der Waals surface area contributed by atoms with Gasteiger partial charge in [0.05, 0.1) is 6.54 Å². The quantitative estimate of drug-likeness (QED) is 0.0781. The first-order valence-corrected chi connectivity index (χ1v) is 13.0. The van der Waals surface area contributed by atoms with Crippen molar-refractivity contribution in [2.24, 2.45) is 5.16 Å². The van der Waals surface area contributed by atoms with E-state index in [9.17, 15) is 24.3 Å². The zero-order valence-corrected chi connectivity index (χ0v) is 22.2. The van der Waals surface area contributed by atoms with E-state index in [-0.39, 0.29) is 40.3 Å². The smallest absolute Gasteiger partial charge is 0.353 e. The molecule has 4 rings (SSSR count). The Morgan fingerprint density at radius 3 is 2.77 bits per heavy atom. The minimum Gasteiger partial charge on any atom is -0.478 e. The molecule has 2 amide bonds. The number of rotatable bonds is 11. The normalized spacial score (nSPS) is 21.5. The van der Waals surface area contributed by atoms with Crippen molar-refractivity contribution in [3.63, 3.8) is 0 Å². The number of carboxylic acid groups (broad SMARTS) is 2. The second-order valence-corrected chi connectivity index (χ2v) is 9.95. The first-order chi connectivity index (χ1) is 18.5. The highest BCUT2D eigenvalue weighted by atomic mass is 32.2. The fraction of sp³-hybridized carbons (Fsp3) is 0.316. The van der Waals surface area contributed by atoms with E-state index in [2.05, 4.69) is 41.9 Å². The van der Waals surface area contributed by atoms with Gasteiger partial charge in [0.1, 0.15) is 11.1 Å². The molecule has 39 heavy (non-hydrogen) atoms. The summed E-state index contributed by atoms with van der Waals surface area (Å²) in [6.07, 6.45) is 0.0868. The lowest BCUT2D eigenvalue weighted by Gasteiger charge is -2.55. The Morgan fingerprint density at radius 2 is 2.18 bits per heavy atom. The van der Waals surface area contributed by atoms with E-state index >= 15 is 0 Å². The molecule has 0 bridgehead atoms. The number of nitrogen functional groups attached to an aromatic ring is 1. The van der Waals surface area contributed by atoms with E-state index < -0.39 is 46.5 Å². The van der Waals surface area contributed by atoms with Crippen LogP contribution in [0.2, 0.25) is 0 Å². The molecule has 204 valence electrons. The summed E-state index contributed by atoms with van der Waals surface area (Å²) in [6.45, 7) is 4.99. The molecule has 5 N–H and O–H groups in total. The van der Waals surface area contributed by atoms with Gasteiger partial charge in [-0.15, -0.1) is 23.4 Å². The summed E-state index contributed by atoms with van der Waals surface area (Å²) < 4.78 is 5.23. The fourth-order valence-electron chi connectivity index (χ4n) is 3.61. The van der Waals surface area contributed by atoms with Crippen molar-refractivity contribution in [1.29, 1.82) is 0 Å². The van der Waals surface area contributed by atoms with Crippen molar-refractivity contribution < 1.29 is 34.2 Å². The first-order valence-electron chi connectivity index (χ1n) is 10.7. The number of fused-ring (bicyclic) bond motifs is 1. The summed E-state index contributed by atoms with van der Waals surface area (Å²) in [5, 5.41) is 36.4. The average Bonchev–Trinajstić information content (AvgIpc) is 3.55. The van der Waals surface area contributed by atoms with E-state index in [1.807, 2.05) is 0 Å². The van der Waals surface area contributed by atoms with Gasteiger partial charge in [-0.25, -0.2) is 14.3 Å². The molecule has 17 nitrogen and oxygen atoms in total. The van der Waals surface area contributed by atoms with Crippen LogP contribution >= 0.6 is 35.5 Å². The number of hydrogen-bond donors (Lipinski definition) is 4. The number of thioether (sulfide) groups is 1. The second kappa shape index (κ2) is 10.8. The molecule has 4 heterocycles. The number of aromatic nitrogens is 6. The highest BCUT2D eigenvalue weighted by Gasteiger charge is 2.65. The van der Waals surface area contributed by atoms with Gasteiger partial charge in [-0.3, -0.25) is 14.5 Å². The maximum atomic E-state index is 13.5. The largest absolute Gasteiger partial charge is 0.478 e. The highest BCUT2D eigenvalue weighted by molar-refractivity contribution is 8.00. The molecule has 20 heteroatoms. The number of nitrogens with one attached hydrogen (secondary N) is 1. The van der Waals surface area contributed by atoms with Crippen LogP contribution in [0.15, 0.2) is 23.5 Å². The Bertz CT molecular complexity index is 1450. The van der Waals surface area contributed by atoms with Gasteiger partial charge in [0.25, 0.3) is 11.8 Å². The molecule has 2 aliphatic heterocycles. The van der Waals surface area contributed by atoms with Crippen LogP contribution in [0.3, 0.4) is 0 Å². The number of tetrazole rings is 1. The number of anilines is 1. The van der Waals surface area contributed by atoms with Crippen molar-refractivity contribution in [1.82, 2.24) is 39.8 Å². The van der Waals surface area contributed by atoms with E-state index in [0.29, 0.717) is 0 Å². The van der Waals surface area contributed by atoms with Crippen molar-refractivity contribution in [2.75, 3.05) is 11.5 Å². The third-order valence-electron chi connectivity index (χ3n) is 5.44. The van der Waals surface area contributed by atoms with E-state index in [0.717, 1.165) is 33.6 Å². The Balaban J connectivity index is 1.68. The van der Waals surface area contributed by atoms with Crippen molar-refractivity contribution in [2.45, 2.75) is 30.5 Å². The SMILES string of the molecule is C=CCn1nnnc1C1=C(C(=O)O)N2C(=O)C(C=S)(NC(=O)C(=NOC(C)C(=O)O)c3nsc(N)n3)[C@@H]2SC1. The predicted octanol–water partition coefficient (Wildman–Crippen LogP) is -1.25. The van der Waals surface area contributed by atoms with Crippen LogP contribution < -0.4 is 11.1 Å². The van der Waals surface area contributed by atoms with Gasteiger partial charge in [-0.1, -0.05) is 23.4 Å². The Hall–Kier alpha value is -4.30. The van der Waals surface area contributed by atoms with E-state index in [1.165, 1.54) is 17.7 Å². The minimum atomic E-state index is -1.84. The van der Waals surface area contributed by atoms with Gasteiger partial charge in [-0.05, 0) is 17.4 Å². The molecular weight excluding hydrogens is 576 g/mol. The van der Waals surface area contributed by atoms with Gasteiger partial charge in [-0.2, -0.15) is 9.36 Å². The Labute approximate surface area is 231 Å². The molecule has 3 atom stereocenters. The molecule has 0 aromatic carbocycles. The van der Waals surface area contributed by atoms with Crippen molar-refractivity contribution in [3.05, 3.63) is 30.0 Å². The standard InChI is InChI=1S/C19H18N10O7S3/c1-3-4-28-12(23-26-27-28)8-5-38-17-19(6-37,16(35)29(17)10(8)15(33)34)22-13(30)9(11-21-18(20)39-25-11)24-36-7(2)14(31)32/h3,6-7,17H,1,4-5H2,2H3,(H,22,30)(H,31,32)(H,33,34)(H2,20,21,25)/t7?,17-,19?/m0/s1. The van der Waals surface area contributed by atoms with Gasteiger partial charge < -0.3 is 26.1 Å². The molecule has 2 aliphatic rings. The number of nitrogens with two attached hydrogens (primary N) is 1. The predicted molar refractivity (Wildman–Crippen MR) is 139 cm³/mol. The van der Waals surface area contributed by atoms with Crippen LogP contribution in [0.5, 0.6) is 0 Å². The number of amides is 2. The van der Waals surface area contributed by atoms with Crippen LogP contribution in [-0.4, -0.2) is 102 Å². The molecule has 0 saturated carbocycles. The minimum absolute atomic E-state index is 0.0161. The average molecular weight is 595 g/mol. The number of carbonyl (C=O) groups excluding carboxylic acids is 2. The summed E-state index contributed by atoms with van der Waals surface area (Å²) >= 11 is 6.97. The van der Waals surface area contributed by atoms with Crippen molar-refractivity contribution in [3.8, 4) is 0 Å². The van der Waals surface area contributed by atoms with Crippen LogP contribution in [0.1, 0.15) is 18.6 Å². The molecular formula is C19H18N10O7S3. The lowest BCUT2D eigenvalue weighted by Crippen LogP contribution is -2.80. The fourth-order valence-corrected chi connectivity index (χ4v) is 5.85. The number of carbonyl (C=O) groups is 4. The number of β-lactam (4-membered cyclic amide) rings is 1. The van der Waals surface area contributed by atoms with E-state index in [1.54, 1.807) is 0 Å². The van der Waals surface area contributed by atoms with Crippen LogP contribution in [0, 0.1) is 0 Å². The third-order valence-corrected chi connectivity index (χ3v) is 7.71. The van der Waals surface area contributed by atoms with Gasteiger partial charge >= 0.3 is 11.9 Å². The molecule has 2 aromatic heterocycles. The van der Waals surface area contributed by atoms with Crippen LogP contribution in [0.4, 0.5) is 5.13 Å². The van der Waals surface area contributed by atoms with Crippen LogP contribution in [-0.2, 0) is 30.6 Å². The molecule has 0 spiro atoms. The summed E-state index contributed by atoms with van der Waals surface area (Å²) in [5.74, 6) is -4.74. The van der Waals surface area contributed by atoms with Gasteiger partial charge in [0, 0.05) is 28.2 Å². The molecule has 2 unspecified atom stereocenters. The number of thiocarbonyl (C=S) groups is 1. The molecule has 0 aliphatic carbocycles. The summed E-state index contributed by atoms with van der Waals surface area (Å²) in [5.41, 5.74) is 3.01. The number of hydrogen-bond acceptors (Lipinski definition) is 15. The third kappa shape index (κ3) is 4.83. The lowest BCUT2D eigenvalue weighted by molar-refractivity contribution is -0.153. The first kappa shape index (κ1) is 27.7. The lowest BCUT2D eigenvalue weighted by atomic mass is 9.87. The topological polar surface area (TPSA) is 241 Å². The molecule has 0 radical (unpaired) electrons.